The van der Waals surface area contributed by atoms with Crippen molar-refractivity contribution in [2.24, 2.45) is 0 Å². The molecule has 2 aromatic heterocycles. The maximum absolute atomic E-state index is 4.95. The summed E-state index contributed by atoms with van der Waals surface area (Å²) in [6.45, 7) is 3.07. The van der Waals surface area contributed by atoms with Gasteiger partial charge < -0.3 is 5.32 Å². The summed E-state index contributed by atoms with van der Waals surface area (Å²) in [6, 6.07) is 0. The van der Waals surface area contributed by atoms with Crippen molar-refractivity contribution in [3.63, 3.8) is 0 Å². The lowest BCUT2D eigenvalue weighted by atomic mass is 10.1. The highest BCUT2D eigenvalue weighted by Crippen LogP contribution is 2.42. The molecule has 1 atom stereocenters. The minimum absolute atomic E-state index is 0.498. The first-order chi connectivity index (χ1) is 10.4. The lowest BCUT2D eigenvalue weighted by Crippen LogP contribution is -2.09. The zero-order chi connectivity index (χ0) is 14.2. The molecule has 3 heterocycles. The second kappa shape index (κ2) is 5.76. The van der Waals surface area contributed by atoms with E-state index in [4.69, 9.17) is 9.97 Å². The van der Waals surface area contributed by atoms with Crippen LogP contribution in [0.2, 0.25) is 0 Å². The van der Waals surface area contributed by atoms with Crippen LogP contribution in [0, 0.1) is 0 Å². The second-order valence-electron chi connectivity index (χ2n) is 5.85. The average Bonchev–Trinajstić information content (AvgIpc) is 3.08. The van der Waals surface area contributed by atoms with Gasteiger partial charge in [0.2, 0.25) is 0 Å². The first kappa shape index (κ1) is 13.8. The van der Waals surface area contributed by atoms with Crippen molar-refractivity contribution in [1.82, 2.24) is 9.97 Å². The van der Waals surface area contributed by atoms with E-state index in [9.17, 15) is 0 Å². The Kier molecular flexibility index (Phi) is 3.79. The van der Waals surface area contributed by atoms with Gasteiger partial charge in [-0.25, -0.2) is 9.97 Å². The quantitative estimate of drug-likeness (QED) is 0.899. The predicted molar refractivity (Wildman–Crippen MR) is 92.7 cm³/mol. The topological polar surface area (TPSA) is 37.8 Å². The molecule has 2 aliphatic rings. The lowest BCUT2D eigenvalue weighted by Gasteiger charge is -2.20. The molecule has 1 fully saturated rings. The molecule has 1 aliphatic heterocycles. The molecular formula is C16H21N3S2. The molecule has 21 heavy (non-hydrogen) atoms. The van der Waals surface area contributed by atoms with Crippen molar-refractivity contribution in [3.8, 4) is 0 Å². The summed E-state index contributed by atoms with van der Waals surface area (Å²) in [6.07, 6.45) is 7.62. The molecule has 1 unspecified atom stereocenters. The summed E-state index contributed by atoms with van der Waals surface area (Å²) >= 11 is 3.94. The summed E-state index contributed by atoms with van der Waals surface area (Å²) in [7, 11) is 0. The van der Waals surface area contributed by atoms with E-state index in [1.807, 2.05) is 23.1 Å². The molecule has 3 nitrogen and oxygen atoms in total. The van der Waals surface area contributed by atoms with E-state index in [1.165, 1.54) is 60.1 Å². The van der Waals surface area contributed by atoms with Crippen molar-refractivity contribution in [1.29, 1.82) is 0 Å². The summed E-state index contributed by atoms with van der Waals surface area (Å²) in [5, 5.41) is 5.31. The van der Waals surface area contributed by atoms with Gasteiger partial charge in [-0.3, -0.25) is 0 Å². The number of anilines is 1. The fourth-order valence-corrected chi connectivity index (χ4v) is 5.91. The van der Waals surface area contributed by atoms with Gasteiger partial charge in [0.05, 0.1) is 10.6 Å². The molecule has 4 rings (SSSR count). The van der Waals surface area contributed by atoms with Crippen LogP contribution in [0.1, 0.15) is 54.1 Å². The van der Waals surface area contributed by atoms with Gasteiger partial charge in [-0.15, -0.1) is 11.3 Å². The zero-order valence-electron chi connectivity index (χ0n) is 12.4. The number of thioether (sulfide) groups is 1. The fraction of sp³-hybridized carbons (Fsp3) is 0.625. The van der Waals surface area contributed by atoms with E-state index in [2.05, 4.69) is 12.2 Å². The molecule has 1 saturated heterocycles. The molecule has 0 bridgehead atoms. The van der Waals surface area contributed by atoms with Crippen molar-refractivity contribution in [3.05, 3.63) is 16.3 Å². The third-order valence-electron chi connectivity index (χ3n) is 4.39. The predicted octanol–water partition coefficient (Wildman–Crippen LogP) is 4.57. The SMILES string of the molecule is CCNc1nc(C2CCCCS2)nc2sc3c(c12)CCC3. The molecule has 0 spiro atoms. The van der Waals surface area contributed by atoms with E-state index < -0.39 is 0 Å². The number of hydrogen-bond acceptors (Lipinski definition) is 5. The van der Waals surface area contributed by atoms with Crippen LogP contribution in [0.4, 0.5) is 5.82 Å². The smallest absolute Gasteiger partial charge is 0.145 e. The van der Waals surface area contributed by atoms with Crippen LogP contribution in [0.5, 0.6) is 0 Å². The Balaban J connectivity index is 1.82. The van der Waals surface area contributed by atoms with Gasteiger partial charge in [0.1, 0.15) is 16.5 Å². The van der Waals surface area contributed by atoms with E-state index in [0.29, 0.717) is 5.25 Å². The summed E-state index contributed by atoms with van der Waals surface area (Å²) in [4.78, 5) is 12.6. The Morgan fingerprint density at radius 1 is 1.19 bits per heavy atom. The van der Waals surface area contributed by atoms with Crippen LogP contribution in [0.3, 0.4) is 0 Å². The average molecular weight is 319 g/mol. The highest BCUT2D eigenvalue weighted by atomic mass is 32.2. The summed E-state index contributed by atoms with van der Waals surface area (Å²) < 4.78 is 0. The van der Waals surface area contributed by atoms with Crippen molar-refractivity contribution in [2.45, 2.75) is 50.7 Å². The van der Waals surface area contributed by atoms with Gasteiger partial charge in [0.25, 0.3) is 0 Å². The second-order valence-corrected chi connectivity index (χ2v) is 8.25. The van der Waals surface area contributed by atoms with Crippen LogP contribution < -0.4 is 5.32 Å². The van der Waals surface area contributed by atoms with Crippen molar-refractivity contribution in [2.75, 3.05) is 17.6 Å². The highest BCUT2D eigenvalue weighted by molar-refractivity contribution is 7.99. The van der Waals surface area contributed by atoms with Crippen molar-refractivity contribution < 1.29 is 0 Å². The molecule has 0 aromatic carbocycles. The molecular weight excluding hydrogens is 298 g/mol. The normalized spacial score (nSPS) is 21.7. The van der Waals surface area contributed by atoms with Crippen LogP contribution in [0.25, 0.3) is 10.2 Å². The van der Waals surface area contributed by atoms with E-state index in [-0.39, 0.29) is 0 Å². The molecule has 0 radical (unpaired) electrons. The molecule has 1 N–H and O–H groups in total. The third-order valence-corrected chi connectivity index (χ3v) is 6.95. The lowest BCUT2D eigenvalue weighted by molar-refractivity contribution is 0.665. The fourth-order valence-electron chi connectivity index (χ4n) is 3.40. The van der Waals surface area contributed by atoms with Gasteiger partial charge in [-0.05, 0) is 50.3 Å². The monoisotopic (exact) mass is 319 g/mol. The van der Waals surface area contributed by atoms with Crippen LogP contribution in [-0.4, -0.2) is 22.3 Å². The summed E-state index contributed by atoms with van der Waals surface area (Å²) in [5.74, 6) is 3.40. The van der Waals surface area contributed by atoms with Gasteiger partial charge >= 0.3 is 0 Å². The largest absolute Gasteiger partial charge is 0.370 e. The number of nitrogens with one attached hydrogen (secondary N) is 1. The standard InChI is InChI=1S/C16H21N3S2/c1-2-17-15-13-10-6-5-8-11(10)21-16(13)19-14(18-15)12-7-3-4-9-20-12/h12H,2-9H2,1H3,(H,17,18,19). The number of thiophene rings is 1. The van der Waals surface area contributed by atoms with E-state index in [0.717, 1.165) is 18.2 Å². The third kappa shape index (κ3) is 2.44. The molecule has 0 amide bonds. The Labute approximate surface area is 134 Å². The number of fused-ring (bicyclic) bond motifs is 3. The first-order valence-electron chi connectivity index (χ1n) is 8.04. The van der Waals surface area contributed by atoms with Gasteiger partial charge in [-0.2, -0.15) is 11.8 Å². The molecule has 0 saturated carbocycles. The number of nitrogens with zero attached hydrogens (tertiary/aromatic N) is 2. The maximum Gasteiger partial charge on any atom is 0.145 e. The minimum atomic E-state index is 0.498. The molecule has 5 heteroatoms. The number of aryl methyl sites for hydroxylation is 2. The van der Waals surface area contributed by atoms with E-state index >= 15 is 0 Å². The zero-order valence-corrected chi connectivity index (χ0v) is 14.1. The molecule has 112 valence electrons. The first-order valence-corrected chi connectivity index (χ1v) is 9.91. The number of aromatic nitrogens is 2. The molecule has 2 aromatic rings. The van der Waals surface area contributed by atoms with Crippen LogP contribution in [-0.2, 0) is 12.8 Å². The Hall–Kier alpha value is -0.810. The van der Waals surface area contributed by atoms with Crippen LogP contribution >= 0.6 is 23.1 Å². The van der Waals surface area contributed by atoms with Crippen molar-refractivity contribution >= 4 is 39.1 Å². The minimum Gasteiger partial charge on any atom is -0.370 e. The summed E-state index contributed by atoms with van der Waals surface area (Å²) in [5.41, 5.74) is 1.52. The number of hydrogen-bond donors (Lipinski definition) is 1. The molecule has 1 aliphatic carbocycles. The van der Waals surface area contributed by atoms with Crippen LogP contribution in [0.15, 0.2) is 0 Å². The van der Waals surface area contributed by atoms with Gasteiger partial charge in [-0.1, -0.05) is 6.42 Å². The highest BCUT2D eigenvalue weighted by Gasteiger charge is 2.25. The Morgan fingerprint density at radius 3 is 2.95 bits per heavy atom. The number of rotatable bonds is 3. The van der Waals surface area contributed by atoms with Gasteiger partial charge in [0.15, 0.2) is 0 Å². The Morgan fingerprint density at radius 2 is 2.14 bits per heavy atom. The van der Waals surface area contributed by atoms with Gasteiger partial charge in [0, 0.05) is 11.4 Å². The van der Waals surface area contributed by atoms with E-state index in [1.54, 1.807) is 4.88 Å². The maximum atomic E-state index is 4.95. The Bertz CT molecular complexity index is 659.